The van der Waals surface area contributed by atoms with Gasteiger partial charge in [-0.3, -0.25) is 0 Å². The van der Waals surface area contributed by atoms with E-state index in [0.29, 0.717) is 0 Å². The lowest BCUT2D eigenvalue weighted by atomic mass is 10.1. The predicted octanol–water partition coefficient (Wildman–Crippen LogP) is 5.93. The summed E-state index contributed by atoms with van der Waals surface area (Å²) in [5.41, 5.74) is 0. The zero-order chi connectivity index (χ0) is 11.5. The molecule has 0 saturated heterocycles. The first-order chi connectivity index (χ1) is 7.18. The van der Waals surface area contributed by atoms with Crippen LogP contribution in [0.15, 0.2) is 0 Å². The highest BCUT2D eigenvalue weighted by molar-refractivity contribution is 6.48. The highest BCUT2D eigenvalue weighted by atomic mass is 35.5. The molecule has 0 aromatic heterocycles. The summed E-state index contributed by atoms with van der Waals surface area (Å²) in [6, 6.07) is 0. The smallest absolute Gasteiger partial charge is 0.120 e. The van der Waals surface area contributed by atoms with Crippen LogP contribution in [0.25, 0.3) is 0 Å². The van der Waals surface area contributed by atoms with Crippen molar-refractivity contribution in [2.24, 2.45) is 0 Å². The molecule has 0 spiro atoms. The van der Waals surface area contributed by atoms with Crippen molar-refractivity contribution < 1.29 is 0 Å². The number of unbranched alkanes of at least 4 members (excludes halogenated alkanes) is 7. The number of halogens is 3. The molecule has 3 heteroatoms. The van der Waals surface area contributed by atoms with Gasteiger partial charge in [0.25, 0.3) is 0 Å². The summed E-state index contributed by atoms with van der Waals surface area (Å²) in [7, 11) is 0. The van der Waals surface area contributed by atoms with E-state index in [1.54, 1.807) is 0 Å². The van der Waals surface area contributed by atoms with Gasteiger partial charge in [0, 0.05) is 0 Å². The van der Waals surface area contributed by atoms with Gasteiger partial charge in [0.2, 0.25) is 0 Å². The summed E-state index contributed by atoms with van der Waals surface area (Å²) in [5.74, 6) is 0. The number of alkyl halides is 3. The molecule has 92 valence electrons. The maximum Gasteiger partial charge on any atom is 0.124 e. The van der Waals surface area contributed by atoms with E-state index in [0.717, 1.165) is 12.8 Å². The third-order valence-electron chi connectivity index (χ3n) is 2.61. The minimum atomic E-state index is -0.420. The molecule has 15 heavy (non-hydrogen) atoms. The highest BCUT2D eigenvalue weighted by Gasteiger charge is 2.12. The molecule has 0 rings (SSSR count). The Morgan fingerprint density at radius 3 is 1.67 bits per heavy atom. The first kappa shape index (κ1) is 15.9. The molecule has 0 N–H and O–H groups in total. The van der Waals surface area contributed by atoms with Crippen molar-refractivity contribution in [2.45, 2.75) is 74.9 Å². The van der Waals surface area contributed by atoms with Gasteiger partial charge in [-0.05, 0) is 6.42 Å². The monoisotopic (exact) mass is 272 g/mol. The Labute approximate surface area is 110 Å². The predicted molar refractivity (Wildman–Crippen MR) is 72.4 cm³/mol. The second-order valence-electron chi connectivity index (χ2n) is 4.11. The first-order valence-corrected chi connectivity index (χ1v) is 7.41. The maximum atomic E-state index is 5.93. The van der Waals surface area contributed by atoms with Crippen molar-refractivity contribution in [1.82, 2.24) is 0 Å². The van der Waals surface area contributed by atoms with Crippen LogP contribution in [-0.2, 0) is 0 Å². The molecule has 0 aromatic rings. The Bertz CT molecular complexity index is 126. The van der Waals surface area contributed by atoms with Crippen LogP contribution in [0.3, 0.4) is 0 Å². The Morgan fingerprint density at radius 1 is 0.733 bits per heavy atom. The average molecular weight is 274 g/mol. The molecule has 1 unspecified atom stereocenters. The minimum Gasteiger partial charge on any atom is -0.120 e. The summed E-state index contributed by atoms with van der Waals surface area (Å²) in [4.78, 5) is -0.420. The number of hydrogen-bond donors (Lipinski definition) is 0. The SMILES string of the molecule is CCCCCCCCCCC(Cl)C(Cl)Cl. The van der Waals surface area contributed by atoms with Crippen LogP contribution in [0.4, 0.5) is 0 Å². The topological polar surface area (TPSA) is 0 Å². The van der Waals surface area contributed by atoms with Crippen LogP contribution in [0.1, 0.15) is 64.7 Å². The van der Waals surface area contributed by atoms with E-state index in [-0.39, 0.29) is 5.38 Å². The van der Waals surface area contributed by atoms with Gasteiger partial charge in [0.15, 0.2) is 0 Å². The molecule has 0 heterocycles. The standard InChI is InChI=1S/C12H23Cl3/c1-2-3-4-5-6-7-8-9-10-11(13)12(14)15/h11-12H,2-10H2,1H3. The second kappa shape index (κ2) is 11.4. The molecule has 0 aliphatic heterocycles. The second-order valence-corrected chi connectivity index (χ2v) is 5.84. The first-order valence-electron chi connectivity index (χ1n) is 6.10. The molecule has 0 aliphatic carbocycles. The van der Waals surface area contributed by atoms with Gasteiger partial charge in [0.05, 0.1) is 5.38 Å². The van der Waals surface area contributed by atoms with Crippen LogP contribution in [0, 0.1) is 0 Å². The van der Waals surface area contributed by atoms with Crippen LogP contribution in [0.5, 0.6) is 0 Å². The molecular weight excluding hydrogens is 250 g/mol. The number of rotatable bonds is 10. The normalized spacial score (nSPS) is 13.4. The van der Waals surface area contributed by atoms with Gasteiger partial charge in [-0.15, -0.1) is 34.8 Å². The third-order valence-corrected chi connectivity index (χ3v) is 3.94. The lowest BCUT2D eigenvalue weighted by molar-refractivity contribution is 0.562. The Morgan fingerprint density at radius 2 is 1.20 bits per heavy atom. The summed E-state index contributed by atoms with van der Waals surface area (Å²) in [5, 5.41) is -0.0755. The van der Waals surface area contributed by atoms with Crippen molar-refractivity contribution in [1.29, 1.82) is 0 Å². The van der Waals surface area contributed by atoms with Crippen LogP contribution in [0.2, 0.25) is 0 Å². The largest absolute Gasteiger partial charge is 0.124 e. The summed E-state index contributed by atoms with van der Waals surface area (Å²) in [6.45, 7) is 2.25. The minimum absolute atomic E-state index is 0.0755. The molecule has 0 aromatic carbocycles. The van der Waals surface area contributed by atoms with E-state index in [2.05, 4.69) is 6.92 Å². The molecule has 0 saturated carbocycles. The van der Waals surface area contributed by atoms with Gasteiger partial charge in [-0.1, -0.05) is 58.3 Å². The van der Waals surface area contributed by atoms with Crippen molar-refractivity contribution in [2.75, 3.05) is 0 Å². The summed E-state index contributed by atoms with van der Waals surface area (Å²) < 4.78 is 0. The van der Waals surface area contributed by atoms with Crippen LogP contribution >= 0.6 is 34.8 Å². The fourth-order valence-corrected chi connectivity index (χ4v) is 2.01. The van der Waals surface area contributed by atoms with E-state index >= 15 is 0 Å². The molecule has 0 nitrogen and oxygen atoms in total. The molecular formula is C12H23Cl3. The lowest BCUT2D eigenvalue weighted by Gasteiger charge is -2.09. The van der Waals surface area contributed by atoms with Crippen LogP contribution in [-0.4, -0.2) is 10.2 Å². The average Bonchev–Trinajstić information content (AvgIpc) is 2.21. The van der Waals surface area contributed by atoms with E-state index < -0.39 is 4.84 Å². The molecule has 0 aliphatic rings. The Kier molecular flexibility index (Phi) is 12.0. The van der Waals surface area contributed by atoms with Gasteiger partial charge >= 0.3 is 0 Å². The van der Waals surface area contributed by atoms with Gasteiger partial charge in [0.1, 0.15) is 4.84 Å². The van der Waals surface area contributed by atoms with Gasteiger partial charge in [-0.25, -0.2) is 0 Å². The van der Waals surface area contributed by atoms with Crippen molar-refractivity contribution in [3.05, 3.63) is 0 Å². The Balaban J connectivity index is 3.05. The van der Waals surface area contributed by atoms with E-state index in [9.17, 15) is 0 Å². The fourth-order valence-electron chi connectivity index (χ4n) is 1.60. The quantitative estimate of drug-likeness (QED) is 0.342. The van der Waals surface area contributed by atoms with E-state index in [4.69, 9.17) is 34.8 Å². The third kappa shape index (κ3) is 11.1. The van der Waals surface area contributed by atoms with Gasteiger partial charge < -0.3 is 0 Å². The van der Waals surface area contributed by atoms with Crippen molar-refractivity contribution in [3.8, 4) is 0 Å². The summed E-state index contributed by atoms with van der Waals surface area (Å²) >= 11 is 17.3. The van der Waals surface area contributed by atoms with E-state index in [1.165, 1.54) is 44.9 Å². The molecule has 0 radical (unpaired) electrons. The molecule has 0 amide bonds. The molecule has 1 atom stereocenters. The van der Waals surface area contributed by atoms with Gasteiger partial charge in [-0.2, -0.15) is 0 Å². The lowest BCUT2D eigenvalue weighted by Crippen LogP contribution is -2.07. The van der Waals surface area contributed by atoms with Crippen molar-refractivity contribution in [3.63, 3.8) is 0 Å². The summed E-state index contributed by atoms with van der Waals surface area (Å²) in [6.07, 6.45) is 11.5. The molecule has 0 fully saturated rings. The zero-order valence-corrected chi connectivity index (χ0v) is 11.9. The van der Waals surface area contributed by atoms with E-state index in [1.807, 2.05) is 0 Å². The zero-order valence-electron chi connectivity index (χ0n) is 9.65. The maximum absolute atomic E-state index is 5.93. The fraction of sp³-hybridized carbons (Fsp3) is 1.00. The highest BCUT2D eigenvalue weighted by Crippen LogP contribution is 2.20. The van der Waals surface area contributed by atoms with Crippen molar-refractivity contribution >= 4 is 34.8 Å². The van der Waals surface area contributed by atoms with Crippen LogP contribution < -0.4 is 0 Å². The number of hydrogen-bond acceptors (Lipinski definition) is 0. The Hall–Kier alpha value is 0.870. The molecule has 0 bridgehead atoms.